The second kappa shape index (κ2) is 10.2. The van der Waals surface area contributed by atoms with Crippen molar-refractivity contribution in [3.05, 3.63) is 28.5 Å². The fourth-order valence-corrected chi connectivity index (χ4v) is 5.66. The number of amides is 2. The number of thiazole rings is 1. The van der Waals surface area contributed by atoms with Gasteiger partial charge in [0.25, 0.3) is 17.7 Å². The van der Waals surface area contributed by atoms with Gasteiger partial charge in [-0.1, -0.05) is 0 Å². The number of aliphatic hydroxyl groups is 1. The Hall–Kier alpha value is -2.87. The first-order chi connectivity index (χ1) is 18.3. The van der Waals surface area contributed by atoms with Gasteiger partial charge in [0.15, 0.2) is 5.01 Å². The standard InChI is InChI=1S/C26H32F5N5O3S/c1-13-10-25(27,28)12-36(13)22(38)18-19(40-21(34-18)20(37)33-14(2)23(3,4)39)15-11-32-17(9-16(15)26(29,30)31)35-24(5)7-6-8-24/h9,11,13-14,39H,6-8,10,12H2,1-5H3,(H,32,35)(H,33,37)/t13-,14?/m0/s1. The molecule has 0 aromatic carbocycles. The van der Waals surface area contributed by atoms with Crippen LogP contribution in [0.2, 0.25) is 0 Å². The first-order valence-corrected chi connectivity index (χ1v) is 13.7. The highest BCUT2D eigenvalue weighted by atomic mass is 32.1. The SMILES string of the molecule is CC(NC(=O)c1nc(C(=O)N2CC(F)(F)C[C@@H]2C)c(-c2cnc(NC3(C)CCC3)cc2C(F)(F)F)s1)C(C)(C)O. The highest BCUT2D eigenvalue weighted by Gasteiger charge is 2.47. The second-order valence-corrected chi connectivity index (χ2v) is 12.5. The largest absolute Gasteiger partial charge is 0.417 e. The van der Waals surface area contributed by atoms with E-state index in [4.69, 9.17) is 0 Å². The number of aromatic nitrogens is 2. The van der Waals surface area contributed by atoms with Crippen LogP contribution in [-0.4, -0.2) is 67.5 Å². The van der Waals surface area contributed by atoms with Crippen LogP contribution in [0.25, 0.3) is 10.4 Å². The number of carbonyl (C=O) groups excluding carboxylic acids is 2. The van der Waals surface area contributed by atoms with E-state index in [0.717, 1.165) is 36.4 Å². The monoisotopic (exact) mass is 589 g/mol. The molecule has 2 aromatic heterocycles. The molecule has 2 aliphatic rings. The van der Waals surface area contributed by atoms with Gasteiger partial charge in [-0.25, -0.2) is 18.7 Å². The average molecular weight is 590 g/mol. The average Bonchev–Trinajstić information content (AvgIpc) is 3.36. The predicted octanol–water partition coefficient (Wildman–Crippen LogP) is 5.34. The van der Waals surface area contributed by atoms with Crippen molar-refractivity contribution in [2.24, 2.45) is 0 Å². The van der Waals surface area contributed by atoms with Gasteiger partial charge >= 0.3 is 6.18 Å². The highest BCUT2D eigenvalue weighted by molar-refractivity contribution is 7.17. The molecule has 0 radical (unpaired) electrons. The molecule has 1 aliphatic heterocycles. The van der Waals surface area contributed by atoms with E-state index < -0.39 is 71.4 Å². The van der Waals surface area contributed by atoms with Crippen LogP contribution in [0.3, 0.4) is 0 Å². The summed E-state index contributed by atoms with van der Waals surface area (Å²) in [4.78, 5) is 35.2. The number of anilines is 1. The number of hydrogen-bond donors (Lipinski definition) is 3. The van der Waals surface area contributed by atoms with Crippen molar-refractivity contribution in [3.63, 3.8) is 0 Å². The predicted molar refractivity (Wildman–Crippen MR) is 140 cm³/mol. The van der Waals surface area contributed by atoms with Crippen molar-refractivity contribution in [2.75, 3.05) is 11.9 Å². The molecule has 1 saturated carbocycles. The molecule has 220 valence electrons. The molecule has 2 aromatic rings. The van der Waals surface area contributed by atoms with Crippen LogP contribution >= 0.6 is 11.3 Å². The fourth-order valence-electron chi connectivity index (χ4n) is 4.68. The zero-order chi connectivity index (χ0) is 29.8. The number of likely N-dealkylation sites (tertiary alicyclic amines) is 1. The minimum Gasteiger partial charge on any atom is -0.388 e. The first-order valence-electron chi connectivity index (χ1n) is 12.9. The van der Waals surface area contributed by atoms with Gasteiger partial charge < -0.3 is 20.6 Å². The van der Waals surface area contributed by atoms with Gasteiger partial charge in [0.05, 0.1) is 28.6 Å². The lowest BCUT2D eigenvalue weighted by molar-refractivity contribution is -0.137. The Morgan fingerprint density at radius 2 is 1.90 bits per heavy atom. The van der Waals surface area contributed by atoms with Gasteiger partial charge in [-0.2, -0.15) is 13.2 Å². The van der Waals surface area contributed by atoms with Gasteiger partial charge in [0, 0.05) is 29.8 Å². The normalized spacial score (nSPS) is 21.1. The Balaban J connectivity index is 1.81. The summed E-state index contributed by atoms with van der Waals surface area (Å²) in [6.07, 6.45) is -2.04. The maximum atomic E-state index is 14.3. The van der Waals surface area contributed by atoms with E-state index in [1.807, 2.05) is 6.92 Å². The number of rotatable bonds is 7. The van der Waals surface area contributed by atoms with E-state index in [0.29, 0.717) is 11.3 Å². The third-order valence-corrected chi connectivity index (χ3v) is 8.65. The zero-order valence-electron chi connectivity index (χ0n) is 22.7. The molecule has 2 fully saturated rings. The van der Waals surface area contributed by atoms with Gasteiger partial charge in [0.2, 0.25) is 0 Å². The van der Waals surface area contributed by atoms with Gasteiger partial charge in [-0.05, 0) is 59.9 Å². The molecule has 14 heteroatoms. The molecule has 0 spiro atoms. The molecule has 0 bridgehead atoms. The van der Waals surface area contributed by atoms with Crippen LogP contribution in [0.15, 0.2) is 12.3 Å². The van der Waals surface area contributed by atoms with E-state index in [2.05, 4.69) is 20.6 Å². The molecule has 1 aliphatic carbocycles. The van der Waals surface area contributed by atoms with Crippen molar-refractivity contribution >= 4 is 29.0 Å². The van der Waals surface area contributed by atoms with Crippen molar-refractivity contribution in [1.29, 1.82) is 0 Å². The molecular weight excluding hydrogens is 557 g/mol. The summed E-state index contributed by atoms with van der Waals surface area (Å²) in [7, 11) is 0. The number of nitrogens with one attached hydrogen (secondary N) is 2. The Kier molecular flexibility index (Phi) is 7.67. The van der Waals surface area contributed by atoms with Crippen LogP contribution in [0.1, 0.15) is 86.2 Å². The van der Waals surface area contributed by atoms with E-state index >= 15 is 0 Å². The van der Waals surface area contributed by atoms with Crippen LogP contribution in [0.5, 0.6) is 0 Å². The molecule has 2 amide bonds. The van der Waals surface area contributed by atoms with Crippen LogP contribution in [-0.2, 0) is 6.18 Å². The molecular formula is C26H32F5N5O3S. The molecule has 40 heavy (non-hydrogen) atoms. The maximum absolute atomic E-state index is 14.3. The maximum Gasteiger partial charge on any atom is 0.417 e. The van der Waals surface area contributed by atoms with Crippen molar-refractivity contribution in [2.45, 2.75) is 95.6 Å². The lowest BCUT2D eigenvalue weighted by atomic mass is 9.78. The minimum absolute atomic E-state index is 0.000410. The number of pyridine rings is 1. The lowest BCUT2D eigenvalue weighted by Crippen LogP contribution is -2.47. The van der Waals surface area contributed by atoms with E-state index in [9.17, 15) is 36.6 Å². The molecule has 3 heterocycles. The molecule has 3 N–H and O–H groups in total. The van der Waals surface area contributed by atoms with Gasteiger partial charge in [-0.3, -0.25) is 9.59 Å². The number of halogens is 5. The summed E-state index contributed by atoms with van der Waals surface area (Å²) in [5.41, 5.74) is -3.87. The summed E-state index contributed by atoms with van der Waals surface area (Å²) >= 11 is 0.526. The van der Waals surface area contributed by atoms with Crippen LogP contribution in [0, 0.1) is 0 Å². The molecule has 2 atom stereocenters. The summed E-state index contributed by atoms with van der Waals surface area (Å²) in [6, 6.07) is -0.843. The summed E-state index contributed by atoms with van der Waals surface area (Å²) in [5.74, 6) is -5.02. The zero-order valence-corrected chi connectivity index (χ0v) is 23.6. The highest BCUT2D eigenvalue weighted by Crippen LogP contribution is 2.43. The van der Waals surface area contributed by atoms with Crippen molar-refractivity contribution < 1.29 is 36.6 Å². The molecule has 1 unspecified atom stereocenters. The van der Waals surface area contributed by atoms with Crippen molar-refractivity contribution in [1.82, 2.24) is 20.2 Å². The summed E-state index contributed by atoms with van der Waals surface area (Å²) in [6.45, 7) is 6.80. The van der Waals surface area contributed by atoms with Gasteiger partial charge in [-0.15, -0.1) is 11.3 Å². The Bertz CT molecular complexity index is 1300. The number of alkyl halides is 5. The summed E-state index contributed by atoms with van der Waals surface area (Å²) in [5, 5.41) is 15.4. The quantitative estimate of drug-likeness (QED) is 0.377. The first kappa shape index (κ1) is 30.1. The van der Waals surface area contributed by atoms with Crippen LogP contribution < -0.4 is 10.6 Å². The van der Waals surface area contributed by atoms with Crippen LogP contribution in [0.4, 0.5) is 27.8 Å². The third kappa shape index (κ3) is 6.22. The fraction of sp³-hybridized carbons (Fsp3) is 0.615. The van der Waals surface area contributed by atoms with E-state index in [1.165, 1.54) is 27.7 Å². The van der Waals surface area contributed by atoms with Crippen molar-refractivity contribution in [3.8, 4) is 10.4 Å². The smallest absolute Gasteiger partial charge is 0.388 e. The van der Waals surface area contributed by atoms with Gasteiger partial charge in [0.1, 0.15) is 11.5 Å². The minimum atomic E-state index is -4.87. The topological polar surface area (TPSA) is 107 Å². The molecule has 8 nitrogen and oxygen atoms in total. The van der Waals surface area contributed by atoms with E-state index in [1.54, 1.807) is 0 Å². The Labute approximate surface area is 232 Å². The summed E-state index contributed by atoms with van der Waals surface area (Å²) < 4.78 is 71.2. The second-order valence-electron chi connectivity index (χ2n) is 11.5. The number of hydrogen-bond acceptors (Lipinski definition) is 7. The molecule has 4 rings (SSSR count). The third-order valence-electron chi connectivity index (χ3n) is 7.56. The molecule has 1 saturated heterocycles. The Morgan fingerprint density at radius 1 is 1.25 bits per heavy atom. The van der Waals surface area contributed by atoms with E-state index in [-0.39, 0.29) is 21.2 Å². The lowest BCUT2D eigenvalue weighted by Gasteiger charge is -2.39. The number of carbonyl (C=O) groups is 2. The number of nitrogens with zero attached hydrogens (tertiary/aromatic N) is 3. The Morgan fingerprint density at radius 3 is 2.40 bits per heavy atom.